The second-order valence-corrected chi connectivity index (χ2v) is 7.86. The third kappa shape index (κ3) is 3.85. The molecule has 2 heterocycles. The Balaban J connectivity index is 1.64. The molecular formula is C24H29N3O3. The first-order chi connectivity index (χ1) is 14.7. The Morgan fingerprint density at radius 2 is 1.87 bits per heavy atom. The predicted molar refractivity (Wildman–Crippen MR) is 116 cm³/mol. The predicted octanol–water partition coefficient (Wildman–Crippen LogP) is 3.61. The summed E-state index contributed by atoms with van der Waals surface area (Å²) in [4.78, 5) is 18.4. The molecule has 1 unspecified atom stereocenters. The lowest BCUT2D eigenvalue weighted by atomic mass is 9.73. The largest absolute Gasteiger partial charge is 0.383 e. The van der Waals surface area contributed by atoms with Crippen LogP contribution in [0.5, 0.6) is 0 Å². The summed E-state index contributed by atoms with van der Waals surface area (Å²) in [5.74, 6) is 0.881. The summed E-state index contributed by atoms with van der Waals surface area (Å²) in [6, 6.07) is 17.9. The Labute approximate surface area is 177 Å². The van der Waals surface area contributed by atoms with Crippen LogP contribution in [0.3, 0.4) is 0 Å². The van der Waals surface area contributed by atoms with Crippen molar-refractivity contribution in [1.82, 2.24) is 14.9 Å². The van der Waals surface area contributed by atoms with Crippen LogP contribution in [0.25, 0.3) is 11.0 Å². The highest BCUT2D eigenvalue weighted by molar-refractivity contribution is 5.88. The van der Waals surface area contributed by atoms with E-state index in [1.807, 2.05) is 55.5 Å². The number of carbonyl (C=O) groups excluding carboxylic acids is 1. The van der Waals surface area contributed by atoms with Gasteiger partial charge in [-0.25, -0.2) is 4.98 Å². The number of ether oxygens (including phenoxy) is 2. The molecule has 3 aromatic rings. The average Bonchev–Trinajstić information content (AvgIpc) is 3.17. The smallest absolute Gasteiger partial charge is 0.231 e. The number of hydrogen-bond donors (Lipinski definition) is 1. The molecule has 0 radical (unpaired) electrons. The van der Waals surface area contributed by atoms with Crippen LogP contribution in [-0.4, -0.2) is 42.4 Å². The second kappa shape index (κ2) is 8.98. The molecule has 1 N–H and O–H groups in total. The molecule has 1 atom stereocenters. The molecule has 6 heteroatoms. The van der Waals surface area contributed by atoms with Crippen molar-refractivity contribution in [3.8, 4) is 0 Å². The number of rotatable bonds is 7. The van der Waals surface area contributed by atoms with Crippen molar-refractivity contribution in [1.29, 1.82) is 0 Å². The topological polar surface area (TPSA) is 65.4 Å². The zero-order chi connectivity index (χ0) is 21.0. The van der Waals surface area contributed by atoms with E-state index in [4.69, 9.17) is 14.5 Å². The number of imidazole rings is 1. The number of nitrogens with zero attached hydrogens (tertiary/aromatic N) is 2. The van der Waals surface area contributed by atoms with Gasteiger partial charge in [0.05, 0.1) is 29.1 Å². The molecule has 1 amide bonds. The van der Waals surface area contributed by atoms with Gasteiger partial charge in [0, 0.05) is 26.9 Å². The summed E-state index contributed by atoms with van der Waals surface area (Å²) < 4.78 is 13.0. The van der Waals surface area contributed by atoms with E-state index in [0.29, 0.717) is 39.2 Å². The zero-order valence-electron chi connectivity index (χ0n) is 17.6. The van der Waals surface area contributed by atoms with Crippen molar-refractivity contribution in [2.75, 3.05) is 26.9 Å². The van der Waals surface area contributed by atoms with E-state index in [9.17, 15) is 4.79 Å². The standard InChI is InChI=1S/C24H29N3O3/c1-18(22-26-20-10-6-7-11-21(20)27(22)14-17-29-2)25-23(28)24(12-15-30-16-13-24)19-8-4-3-5-9-19/h3-11,18H,12-17H2,1-2H3,(H,25,28). The summed E-state index contributed by atoms with van der Waals surface area (Å²) >= 11 is 0. The average molecular weight is 408 g/mol. The summed E-state index contributed by atoms with van der Waals surface area (Å²) in [7, 11) is 1.69. The fourth-order valence-electron chi connectivity index (χ4n) is 4.37. The second-order valence-electron chi connectivity index (χ2n) is 7.86. The number of carbonyl (C=O) groups is 1. The van der Waals surface area contributed by atoms with E-state index in [1.54, 1.807) is 7.11 Å². The van der Waals surface area contributed by atoms with Gasteiger partial charge in [-0.3, -0.25) is 4.79 Å². The van der Waals surface area contributed by atoms with Gasteiger partial charge in [0.2, 0.25) is 5.91 Å². The summed E-state index contributed by atoms with van der Waals surface area (Å²) in [6.07, 6.45) is 1.35. The molecule has 4 rings (SSSR count). The summed E-state index contributed by atoms with van der Waals surface area (Å²) in [5.41, 5.74) is 2.45. The van der Waals surface area contributed by atoms with Gasteiger partial charge in [-0.2, -0.15) is 0 Å². The molecule has 6 nitrogen and oxygen atoms in total. The Morgan fingerprint density at radius 1 is 1.17 bits per heavy atom. The molecule has 2 aromatic carbocycles. The minimum absolute atomic E-state index is 0.0369. The summed E-state index contributed by atoms with van der Waals surface area (Å²) in [6.45, 7) is 4.44. The van der Waals surface area contributed by atoms with E-state index in [-0.39, 0.29) is 11.9 Å². The molecule has 0 aliphatic carbocycles. The molecule has 158 valence electrons. The first kappa shape index (κ1) is 20.6. The maximum Gasteiger partial charge on any atom is 0.231 e. The van der Waals surface area contributed by atoms with Crippen molar-refractivity contribution < 1.29 is 14.3 Å². The normalized spacial score (nSPS) is 17.0. The lowest BCUT2D eigenvalue weighted by molar-refractivity contribution is -0.131. The van der Waals surface area contributed by atoms with Crippen molar-refractivity contribution in [3.05, 3.63) is 66.0 Å². The molecule has 0 spiro atoms. The van der Waals surface area contributed by atoms with Crippen LogP contribution in [0.2, 0.25) is 0 Å². The molecule has 1 aliphatic rings. The van der Waals surface area contributed by atoms with Gasteiger partial charge in [-0.1, -0.05) is 42.5 Å². The maximum absolute atomic E-state index is 13.6. The number of benzene rings is 2. The van der Waals surface area contributed by atoms with E-state index < -0.39 is 5.41 Å². The van der Waals surface area contributed by atoms with Crippen LogP contribution < -0.4 is 5.32 Å². The third-order valence-electron chi connectivity index (χ3n) is 6.05. The van der Waals surface area contributed by atoms with Crippen LogP contribution in [0.4, 0.5) is 0 Å². The van der Waals surface area contributed by atoms with E-state index >= 15 is 0 Å². The molecule has 0 saturated carbocycles. The lowest BCUT2D eigenvalue weighted by Gasteiger charge is -2.37. The Kier molecular flexibility index (Phi) is 6.16. The monoisotopic (exact) mass is 407 g/mol. The van der Waals surface area contributed by atoms with Crippen molar-refractivity contribution in [2.24, 2.45) is 0 Å². The number of amides is 1. The minimum Gasteiger partial charge on any atom is -0.383 e. The van der Waals surface area contributed by atoms with E-state index in [0.717, 1.165) is 22.4 Å². The highest BCUT2D eigenvalue weighted by atomic mass is 16.5. The molecule has 1 aliphatic heterocycles. The van der Waals surface area contributed by atoms with Gasteiger partial charge >= 0.3 is 0 Å². The number of hydrogen-bond acceptors (Lipinski definition) is 4. The molecule has 1 aromatic heterocycles. The molecule has 1 saturated heterocycles. The number of fused-ring (bicyclic) bond motifs is 1. The van der Waals surface area contributed by atoms with E-state index in [2.05, 4.69) is 16.0 Å². The SMILES string of the molecule is COCCn1c(C(C)NC(=O)C2(c3ccccc3)CCOCC2)nc2ccccc21. The van der Waals surface area contributed by atoms with Gasteiger partial charge in [-0.05, 0) is 37.5 Å². The van der Waals surface area contributed by atoms with Crippen LogP contribution in [0, 0.1) is 0 Å². The van der Waals surface area contributed by atoms with Gasteiger partial charge in [0.1, 0.15) is 5.82 Å². The first-order valence-corrected chi connectivity index (χ1v) is 10.5. The highest BCUT2D eigenvalue weighted by Gasteiger charge is 2.42. The molecule has 1 fully saturated rings. The third-order valence-corrected chi connectivity index (χ3v) is 6.05. The van der Waals surface area contributed by atoms with Crippen LogP contribution >= 0.6 is 0 Å². The van der Waals surface area contributed by atoms with Crippen LogP contribution in [0.15, 0.2) is 54.6 Å². The number of methoxy groups -OCH3 is 1. The van der Waals surface area contributed by atoms with E-state index in [1.165, 1.54) is 0 Å². The zero-order valence-corrected chi connectivity index (χ0v) is 17.6. The fraction of sp³-hybridized carbons (Fsp3) is 0.417. The minimum atomic E-state index is -0.572. The van der Waals surface area contributed by atoms with Crippen molar-refractivity contribution >= 4 is 16.9 Å². The Hall–Kier alpha value is -2.70. The number of aromatic nitrogens is 2. The van der Waals surface area contributed by atoms with Gasteiger partial charge in [0.15, 0.2) is 0 Å². The van der Waals surface area contributed by atoms with Gasteiger partial charge < -0.3 is 19.4 Å². The Morgan fingerprint density at radius 3 is 2.60 bits per heavy atom. The fourth-order valence-corrected chi connectivity index (χ4v) is 4.37. The highest BCUT2D eigenvalue weighted by Crippen LogP contribution is 2.36. The maximum atomic E-state index is 13.6. The Bertz CT molecular complexity index is 993. The number of nitrogens with one attached hydrogen (secondary N) is 1. The quantitative estimate of drug-likeness (QED) is 0.650. The number of para-hydroxylation sites is 2. The van der Waals surface area contributed by atoms with Crippen molar-refractivity contribution in [2.45, 2.75) is 37.8 Å². The molecular weight excluding hydrogens is 378 g/mol. The lowest BCUT2D eigenvalue weighted by Crippen LogP contribution is -2.48. The van der Waals surface area contributed by atoms with Crippen LogP contribution in [0.1, 0.15) is 37.2 Å². The van der Waals surface area contributed by atoms with Gasteiger partial charge in [0.25, 0.3) is 0 Å². The summed E-state index contributed by atoms with van der Waals surface area (Å²) in [5, 5.41) is 3.26. The van der Waals surface area contributed by atoms with Crippen LogP contribution in [-0.2, 0) is 26.2 Å². The molecule has 0 bridgehead atoms. The van der Waals surface area contributed by atoms with Gasteiger partial charge in [-0.15, -0.1) is 0 Å². The van der Waals surface area contributed by atoms with Crippen molar-refractivity contribution in [3.63, 3.8) is 0 Å². The molecule has 30 heavy (non-hydrogen) atoms. The first-order valence-electron chi connectivity index (χ1n) is 10.5.